The van der Waals surface area contributed by atoms with Gasteiger partial charge < -0.3 is 10.7 Å². The molecule has 1 atom stereocenters. The molecule has 1 fully saturated rings. The molecular weight excluding hydrogens is 214 g/mol. The molecule has 4 nitrogen and oxygen atoms in total. The van der Waals surface area contributed by atoms with Gasteiger partial charge in [-0.1, -0.05) is 26.0 Å². The molecule has 17 heavy (non-hydrogen) atoms. The summed E-state index contributed by atoms with van der Waals surface area (Å²) in [6, 6.07) is 7.23. The molecule has 0 radical (unpaired) electrons. The van der Waals surface area contributed by atoms with Crippen LogP contribution in [0.3, 0.4) is 0 Å². The van der Waals surface area contributed by atoms with Crippen LogP contribution in [-0.4, -0.2) is 12.5 Å². The standard InChI is InChI=1S/C13H19N3O/c1-13(2)7-9(13)8-15-12(17)10-5-3-4-6-11(10)16-14/h3-6,9,16H,7-8,14H2,1-2H3,(H,15,17). The van der Waals surface area contributed by atoms with Crippen molar-refractivity contribution in [2.75, 3.05) is 12.0 Å². The largest absolute Gasteiger partial charge is 0.352 e. The van der Waals surface area contributed by atoms with E-state index in [2.05, 4.69) is 24.6 Å². The van der Waals surface area contributed by atoms with Crippen molar-refractivity contribution in [1.82, 2.24) is 5.32 Å². The van der Waals surface area contributed by atoms with Crippen molar-refractivity contribution in [2.45, 2.75) is 20.3 Å². The van der Waals surface area contributed by atoms with E-state index in [4.69, 9.17) is 5.84 Å². The fourth-order valence-corrected chi connectivity index (χ4v) is 2.04. The zero-order valence-corrected chi connectivity index (χ0v) is 10.3. The van der Waals surface area contributed by atoms with Crippen LogP contribution in [0.15, 0.2) is 24.3 Å². The first kappa shape index (κ1) is 11.9. The maximum Gasteiger partial charge on any atom is 0.253 e. The Labute approximate surface area is 102 Å². The van der Waals surface area contributed by atoms with Gasteiger partial charge in [0.15, 0.2) is 0 Å². The molecule has 4 N–H and O–H groups in total. The number of nitrogens with one attached hydrogen (secondary N) is 2. The number of hydrogen-bond donors (Lipinski definition) is 3. The summed E-state index contributed by atoms with van der Waals surface area (Å²) < 4.78 is 0. The lowest BCUT2D eigenvalue weighted by Crippen LogP contribution is -2.27. The van der Waals surface area contributed by atoms with Gasteiger partial charge in [-0.25, -0.2) is 0 Å². The Balaban J connectivity index is 1.95. The van der Waals surface area contributed by atoms with E-state index in [0.717, 1.165) is 6.54 Å². The minimum Gasteiger partial charge on any atom is -0.352 e. The average Bonchev–Trinajstić information content (AvgIpc) is 2.94. The van der Waals surface area contributed by atoms with Crippen LogP contribution in [0.4, 0.5) is 5.69 Å². The maximum atomic E-state index is 12.0. The van der Waals surface area contributed by atoms with Crippen molar-refractivity contribution in [3.05, 3.63) is 29.8 Å². The van der Waals surface area contributed by atoms with E-state index in [9.17, 15) is 4.79 Å². The third-order valence-corrected chi connectivity index (χ3v) is 3.55. The molecule has 2 rings (SSSR count). The highest BCUT2D eigenvalue weighted by atomic mass is 16.1. The number of hydrazine groups is 1. The minimum atomic E-state index is -0.0683. The van der Waals surface area contributed by atoms with Gasteiger partial charge in [-0.05, 0) is 29.9 Å². The van der Waals surface area contributed by atoms with Crippen LogP contribution in [0.5, 0.6) is 0 Å². The van der Waals surface area contributed by atoms with Crippen LogP contribution >= 0.6 is 0 Å². The van der Waals surface area contributed by atoms with Crippen LogP contribution in [-0.2, 0) is 0 Å². The number of nitrogen functional groups attached to an aromatic ring is 1. The predicted molar refractivity (Wildman–Crippen MR) is 68.5 cm³/mol. The summed E-state index contributed by atoms with van der Waals surface area (Å²) in [4.78, 5) is 12.0. The van der Waals surface area contributed by atoms with Crippen molar-refractivity contribution in [2.24, 2.45) is 17.2 Å². The Morgan fingerprint density at radius 3 is 2.71 bits per heavy atom. The fourth-order valence-electron chi connectivity index (χ4n) is 2.04. The molecule has 0 heterocycles. The Hall–Kier alpha value is -1.55. The summed E-state index contributed by atoms with van der Waals surface area (Å²) in [5.74, 6) is 5.90. The number of rotatable bonds is 4. The fraction of sp³-hybridized carbons (Fsp3) is 0.462. The van der Waals surface area contributed by atoms with E-state index in [-0.39, 0.29) is 5.91 Å². The molecule has 1 unspecified atom stereocenters. The third-order valence-electron chi connectivity index (χ3n) is 3.55. The SMILES string of the molecule is CC1(C)CC1CNC(=O)c1ccccc1NN. The Kier molecular flexibility index (Phi) is 3.07. The van der Waals surface area contributed by atoms with Crippen LogP contribution in [0.25, 0.3) is 0 Å². The summed E-state index contributed by atoms with van der Waals surface area (Å²) in [5, 5.41) is 2.96. The molecule has 1 aromatic rings. The molecule has 1 aliphatic rings. The van der Waals surface area contributed by atoms with Crippen LogP contribution in [0, 0.1) is 11.3 Å². The Morgan fingerprint density at radius 1 is 1.47 bits per heavy atom. The lowest BCUT2D eigenvalue weighted by Gasteiger charge is -2.10. The van der Waals surface area contributed by atoms with Gasteiger partial charge in [-0.2, -0.15) is 0 Å². The molecule has 1 aliphatic carbocycles. The van der Waals surface area contributed by atoms with Gasteiger partial charge in [0.2, 0.25) is 0 Å². The quantitative estimate of drug-likeness (QED) is 0.548. The van der Waals surface area contributed by atoms with Gasteiger partial charge in [-0.15, -0.1) is 0 Å². The second-order valence-electron chi connectivity index (χ2n) is 5.29. The molecule has 1 amide bonds. The van der Waals surface area contributed by atoms with E-state index in [0.29, 0.717) is 22.6 Å². The van der Waals surface area contributed by atoms with Crippen molar-refractivity contribution >= 4 is 11.6 Å². The monoisotopic (exact) mass is 233 g/mol. The third kappa shape index (κ3) is 2.58. The van der Waals surface area contributed by atoms with Gasteiger partial charge >= 0.3 is 0 Å². The average molecular weight is 233 g/mol. The topological polar surface area (TPSA) is 67.2 Å². The highest BCUT2D eigenvalue weighted by Gasteiger charge is 2.45. The molecule has 0 aromatic heterocycles. The molecular formula is C13H19N3O. The van der Waals surface area contributed by atoms with Crippen molar-refractivity contribution in [3.8, 4) is 0 Å². The number of anilines is 1. The second kappa shape index (κ2) is 4.37. The number of amides is 1. The number of carbonyl (C=O) groups excluding carboxylic acids is 1. The molecule has 92 valence electrons. The summed E-state index contributed by atoms with van der Waals surface area (Å²) in [7, 11) is 0. The normalized spacial score (nSPS) is 20.8. The molecule has 0 spiro atoms. The van der Waals surface area contributed by atoms with E-state index < -0.39 is 0 Å². The summed E-state index contributed by atoms with van der Waals surface area (Å²) in [6.45, 7) is 5.18. The highest BCUT2D eigenvalue weighted by molar-refractivity contribution is 5.99. The lowest BCUT2D eigenvalue weighted by atomic mass is 10.1. The van der Waals surface area contributed by atoms with Crippen LogP contribution < -0.4 is 16.6 Å². The molecule has 4 heteroatoms. The first-order valence-corrected chi connectivity index (χ1v) is 5.88. The molecule has 1 aromatic carbocycles. The van der Waals surface area contributed by atoms with Crippen LogP contribution in [0.2, 0.25) is 0 Å². The van der Waals surface area contributed by atoms with Gasteiger partial charge in [0.1, 0.15) is 0 Å². The maximum absolute atomic E-state index is 12.0. The predicted octanol–water partition coefficient (Wildman–Crippen LogP) is 1.75. The molecule has 0 aliphatic heterocycles. The lowest BCUT2D eigenvalue weighted by molar-refractivity contribution is 0.0951. The highest BCUT2D eigenvalue weighted by Crippen LogP contribution is 2.50. The number of benzene rings is 1. The first-order chi connectivity index (χ1) is 8.04. The molecule has 1 saturated carbocycles. The van der Waals surface area contributed by atoms with Gasteiger partial charge in [0.25, 0.3) is 5.91 Å². The molecule has 0 bridgehead atoms. The number of carbonyl (C=O) groups is 1. The van der Waals surface area contributed by atoms with Gasteiger partial charge in [0.05, 0.1) is 11.3 Å². The summed E-state index contributed by atoms with van der Waals surface area (Å²) >= 11 is 0. The van der Waals surface area contributed by atoms with Gasteiger partial charge in [-0.3, -0.25) is 10.6 Å². The second-order valence-corrected chi connectivity index (χ2v) is 5.29. The number of para-hydroxylation sites is 1. The van der Waals surface area contributed by atoms with E-state index in [1.165, 1.54) is 6.42 Å². The van der Waals surface area contributed by atoms with Crippen molar-refractivity contribution in [1.29, 1.82) is 0 Å². The van der Waals surface area contributed by atoms with Crippen molar-refractivity contribution in [3.63, 3.8) is 0 Å². The number of hydrogen-bond acceptors (Lipinski definition) is 3. The van der Waals surface area contributed by atoms with E-state index in [1.807, 2.05) is 12.1 Å². The molecule has 0 saturated heterocycles. The van der Waals surface area contributed by atoms with E-state index in [1.54, 1.807) is 12.1 Å². The smallest absolute Gasteiger partial charge is 0.253 e. The van der Waals surface area contributed by atoms with Crippen LogP contribution in [0.1, 0.15) is 30.6 Å². The zero-order chi connectivity index (χ0) is 12.5. The zero-order valence-electron chi connectivity index (χ0n) is 10.3. The van der Waals surface area contributed by atoms with Gasteiger partial charge in [0, 0.05) is 6.54 Å². The summed E-state index contributed by atoms with van der Waals surface area (Å²) in [5.41, 5.74) is 4.17. The van der Waals surface area contributed by atoms with Crippen molar-refractivity contribution < 1.29 is 4.79 Å². The number of nitrogens with two attached hydrogens (primary N) is 1. The Morgan fingerprint density at radius 2 is 2.12 bits per heavy atom. The first-order valence-electron chi connectivity index (χ1n) is 5.88. The summed E-state index contributed by atoms with van der Waals surface area (Å²) in [6.07, 6.45) is 1.18. The minimum absolute atomic E-state index is 0.0683. The van der Waals surface area contributed by atoms with E-state index >= 15 is 0 Å². The Bertz CT molecular complexity index is 428.